The van der Waals surface area contributed by atoms with Gasteiger partial charge in [0.15, 0.2) is 0 Å². The standard InChI is InChI=1S/C19H21N3O4S/c23-18(15-5-9-20-10-6-15)22-11-7-19(8-12-22)13-21-27(24,25)17-4-2-1-3-16(17)26-14-19/h1-6,9-10,21H,7-8,11-14H2. The third-order valence-corrected chi connectivity index (χ3v) is 6.79. The van der Waals surface area contributed by atoms with E-state index in [4.69, 9.17) is 4.74 Å². The number of piperidine rings is 1. The van der Waals surface area contributed by atoms with E-state index in [1.54, 1.807) is 48.8 Å². The summed E-state index contributed by atoms with van der Waals surface area (Å²) < 4.78 is 33.8. The van der Waals surface area contributed by atoms with Gasteiger partial charge in [-0.15, -0.1) is 0 Å². The first-order valence-corrected chi connectivity index (χ1v) is 10.4. The van der Waals surface area contributed by atoms with Crippen molar-refractivity contribution in [1.82, 2.24) is 14.6 Å². The summed E-state index contributed by atoms with van der Waals surface area (Å²) >= 11 is 0. The maximum absolute atomic E-state index is 12.6. The highest BCUT2D eigenvalue weighted by molar-refractivity contribution is 7.89. The van der Waals surface area contributed by atoms with Crippen LogP contribution in [0.25, 0.3) is 0 Å². The monoisotopic (exact) mass is 387 g/mol. The second-order valence-corrected chi connectivity index (χ2v) is 8.82. The van der Waals surface area contributed by atoms with Gasteiger partial charge in [-0.2, -0.15) is 0 Å². The van der Waals surface area contributed by atoms with E-state index in [-0.39, 0.29) is 16.2 Å². The fraction of sp³-hybridized carbons (Fsp3) is 0.368. The van der Waals surface area contributed by atoms with Crippen molar-refractivity contribution in [2.45, 2.75) is 17.7 Å². The topological polar surface area (TPSA) is 88.6 Å². The highest BCUT2D eigenvalue weighted by atomic mass is 32.2. The number of amides is 1. The molecule has 27 heavy (non-hydrogen) atoms. The molecule has 1 saturated heterocycles. The number of aromatic nitrogens is 1. The Labute approximate surface area is 158 Å². The predicted molar refractivity (Wildman–Crippen MR) is 98.9 cm³/mol. The summed E-state index contributed by atoms with van der Waals surface area (Å²) in [6.45, 7) is 1.85. The van der Waals surface area contributed by atoms with Gasteiger partial charge in [0.05, 0.1) is 6.61 Å². The average Bonchev–Trinajstić information content (AvgIpc) is 2.71. The van der Waals surface area contributed by atoms with Crippen LogP contribution in [0, 0.1) is 5.41 Å². The molecule has 2 aliphatic heterocycles. The zero-order valence-electron chi connectivity index (χ0n) is 14.8. The van der Waals surface area contributed by atoms with Crippen molar-refractivity contribution in [1.29, 1.82) is 0 Å². The predicted octanol–water partition coefficient (Wildman–Crippen LogP) is 1.67. The van der Waals surface area contributed by atoms with Crippen LogP contribution in [0.1, 0.15) is 23.2 Å². The molecule has 1 aromatic carbocycles. The molecule has 0 unspecified atom stereocenters. The van der Waals surface area contributed by atoms with Gasteiger partial charge in [-0.05, 0) is 37.1 Å². The maximum Gasteiger partial charge on any atom is 0.253 e. The number of carbonyl (C=O) groups excluding carboxylic acids is 1. The lowest BCUT2D eigenvalue weighted by Crippen LogP contribution is -2.51. The van der Waals surface area contributed by atoms with E-state index in [9.17, 15) is 13.2 Å². The van der Waals surface area contributed by atoms with Gasteiger partial charge < -0.3 is 9.64 Å². The SMILES string of the molecule is O=C(c1ccncc1)N1CCC2(CC1)CNS(=O)(=O)c1ccccc1OC2. The molecule has 0 saturated carbocycles. The molecule has 4 rings (SSSR count). The van der Waals surface area contributed by atoms with E-state index >= 15 is 0 Å². The second-order valence-electron chi connectivity index (χ2n) is 7.09. The largest absolute Gasteiger partial charge is 0.492 e. The zero-order valence-corrected chi connectivity index (χ0v) is 15.6. The van der Waals surface area contributed by atoms with Crippen molar-refractivity contribution in [3.8, 4) is 5.75 Å². The Balaban J connectivity index is 1.49. The molecule has 1 aromatic heterocycles. The smallest absolute Gasteiger partial charge is 0.253 e. The van der Waals surface area contributed by atoms with Crippen LogP contribution in [0.3, 0.4) is 0 Å². The quantitative estimate of drug-likeness (QED) is 0.804. The summed E-state index contributed by atoms with van der Waals surface area (Å²) in [5, 5.41) is 0. The van der Waals surface area contributed by atoms with Crippen LogP contribution in [0.15, 0.2) is 53.7 Å². The number of likely N-dealkylation sites (tertiary alicyclic amines) is 1. The number of hydrogen-bond donors (Lipinski definition) is 1. The van der Waals surface area contributed by atoms with Crippen molar-refractivity contribution >= 4 is 15.9 Å². The number of benzene rings is 1. The van der Waals surface area contributed by atoms with Crippen molar-refractivity contribution in [3.05, 3.63) is 54.4 Å². The first kappa shape index (κ1) is 17.9. The fourth-order valence-electron chi connectivity index (χ4n) is 3.58. The minimum absolute atomic E-state index is 0.0232. The molecule has 1 spiro atoms. The van der Waals surface area contributed by atoms with Crippen molar-refractivity contribution in [3.63, 3.8) is 0 Å². The molecule has 2 aliphatic rings. The van der Waals surface area contributed by atoms with E-state index in [1.165, 1.54) is 0 Å². The highest BCUT2D eigenvalue weighted by Crippen LogP contribution is 2.36. The number of fused-ring (bicyclic) bond motifs is 1. The van der Waals surface area contributed by atoms with E-state index in [2.05, 4.69) is 9.71 Å². The molecule has 2 aromatic rings. The molecule has 0 radical (unpaired) electrons. The van der Waals surface area contributed by atoms with Crippen LogP contribution in [-0.4, -0.2) is 50.5 Å². The maximum atomic E-state index is 12.6. The summed E-state index contributed by atoms with van der Waals surface area (Å²) in [4.78, 5) is 18.5. The Morgan fingerprint density at radius 3 is 2.56 bits per heavy atom. The summed E-state index contributed by atoms with van der Waals surface area (Å²) in [6.07, 6.45) is 4.56. The van der Waals surface area contributed by atoms with Gasteiger partial charge in [0.25, 0.3) is 5.91 Å². The lowest BCUT2D eigenvalue weighted by molar-refractivity contribution is 0.0421. The summed E-state index contributed by atoms with van der Waals surface area (Å²) in [5.74, 6) is 0.351. The number of hydrogen-bond acceptors (Lipinski definition) is 5. The van der Waals surface area contributed by atoms with Crippen LogP contribution in [-0.2, 0) is 10.0 Å². The van der Waals surface area contributed by atoms with Crippen LogP contribution in [0.2, 0.25) is 0 Å². The number of ether oxygens (including phenoxy) is 1. The molecule has 1 amide bonds. The number of carbonyl (C=O) groups is 1. The molecule has 3 heterocycles. The third-order valence-electron chi connectivity index (χ3n) is 5.35. The number of rotatable bonds is 1. The van der Waals surface area contributed by atoms with Gasteiger partial charge in [0.1, 0.15) is 10.6 Å². The van der Waals surface area contributed by atoms with Gasteiger partial charge >= 0.3 is 0 Å². The lowest BCUT2D eigenvalue weighted by atomic mass is 9.79. The molecule has 0 aliphatic carbocycles. The van der Waals surface area contributed by atoms with Crippen LogP contribution in [0.5, 0.6) is 5.75 Å². The van der Waals surface area contributed by atoms with Crippen molar-refractivity contribution in [2.75, 3.05) is 26.2 Å². The van der Waals surface area contributed by atoms with E-state index in [0.717, 1.165) is 0 Å². The molecule has 0 bridgehead atoms. The van der Waals surface area contributed by atoms with Crippen LogP contribution >= 0.6 is 0 Å². The minimum Gasteiger partial charge on any atom is -0.492 e. The molecule has 7 nitrogen and oxygen atoms in total. The number of pyridine rings is 1. The van der Waals surface area contributed by atoms with Crippen LogP contribution in [0.4, 0.5) is 0 Å². The minimum atomic E-state index is -3.61. The summed E-state index contributed by atoms with van der Waals surface area (Å²) in [7, 11) is -3.61. The molecule has 1 N–H and O–H groups in total. The van der Waals surface area contributed by atoms with E-state index in [0.29, 0.717) is 50.4 Å². The summed E-state index contributed by atoms with van der Waals surface area (Å²) in [5.41, 5.74) is 0.291. The van der Waals surface area contributed by atoms with Crippen molar-refractivity contribution < 1.29 is 17.9 Å². The number of sulfonamides is 1. The number of para-hydroxylation sites is 1. The molecule has 142 valence electrons. The Bertz CT molecular complexity index is 938. The van der Waals surface area contributed by atoms with Gasteiger partial charge in [-0.25, -0.2) is 13.1 Å². The van der Waals surface area contributed by atoms with Gasteiger partial charge in [-0.3, -0.25) is 9.78 Å². The van der Waals surface area contributed by atoms with Gasteiger partial charge in [0.2, 0.25) is 10.0 Å². The fourth-order valence-corrected chi connectivity index (χ4v) is 4.88. The molecular weight excluding hydrogens is 366 g/mol. The molecular formula is C19H21N3O4S. The Hall–Kier alpha value is -2.45. The van der Waals surface area contributed by atoms with Gasteiger partial charge in [-0.1, -0.05) is 12.1 Å². The van der Waals surface area contributed by atoms with E-state index < -0.39 is 10.0 Å². The zero-order chi connectivity index (χ0) is 18.9. The Morgan fingerprint density at radius 1 is 1.11 bits per heavy atom. The van der Waals surface area contributed by atoms with Gasteiger partial charge in [0, 0.05) is 43.0 Å². The summed E-state index contributed by atoms with van der Waals surface area (Å²) in [6, 6.07) is 10.1. The Kier molecular flexibility index (Phi) is 4.61. The molecule has 0 atom stereocenters. The third kappa shape index (κ3) is 3.54. The van der Waals surface area contributed by atoms with Crippen LogP contribution < -0.4 is 9.46 Å². The number of nitrogens with zero attached hydrogens (tertiary/aromatic N) is 2. The lowest BCUT2D eigenvalue weighted by Gasteiger charge is -2.42. The molecule has 8 heteroatoms. The van der Waals surface area contributed by atoms with Crippen molar-refractivity contribution in [2.24, 2.45) is 5.41 Å². The highest BCUT2D eigenvalue weighted by Gasteiger charge is 2.40. The average molecular weight is 387 g/mol. The molecule has 1 fully saturated rings. The number of nitrogens with one attached hydrogen (secondary N) is 1. The normalized spacial score (nSPS) is 20.8. The van der Waals surface area contributed by atoms with E-state index in [1.807, 2.05) is 4.90 Å². The first-order chi connectivity index (χ1) is 13.0. The first-order valence-electron chi connectivity index (χ1n) is 8.90. The Morgan fingerprint density at radius 2 is 1.81 bits per heavy atom. The second kappa shape index (κ2) is 6.94.